The van der Waals surface area contributed by atoms with Crippen LogP contribution in [0.25, 0.3) is 0 Å². The second kappa shape index (κ2) is 4.92. The lowest BCUT2D eigenvalue weighted by atomic mass is 9.91. The predicted octanol–water partition coefficient (Wildman–Crippen LogP) is 2.79. The number of piperidine rings is 1. The highest BCUT2D eigenvalue weighted by Crippen LogP contribution is 2.24. The van der Waals surface area contributed by atoms with Gasteiger partial charge in [-0.25, -0.2) is 4.39 Å². The van der Waals surface area contributed by atoms with Crippen molar-refractivity contribution in [2.24, 2.45) is 5.73 Å². The first-order valence-electron chi connectivity index (χ1n) is 5.92. The molecule has 0 amide bonds. The summed E-state index contributed by atoms with van der Waals surface area (Å²) in [5, 5.41) is 0.506. The molecule has 94 valence electrons. The Kier molecular flexibility index (Phi) is 3.71. The van der Waals surface area contributed by atoms with Gasteiger partial charge in [-0.2, -0.15) is 0 Å². The quantitative estimate of drug-likeness (QED) is 0.882. The first-order valence-corrected chi connectivity index (χ1v) is 6.30. The van der Waals surface area contributed by atoms with E-state index < -0.39 is 0 Å². The predicted molar refractivity (Wildman–Crippen MR) is 68.5 cm³/mol. The Morgan fingerprint density at radius 2 is 2.06 bits per heavy atom. The summed E-state index contributed by atoms with van der Waals surface area (Å²) in [6.07, 6.45) is 1.89. The number of hydrogen-bond acceptors (Lipinski definition) is 2. The average Bonchev–Trinajstić information content (AvgIpc) is 2.26. The lowest BCUT2D eigenvalue weighted by Crippen LogP contribution is -2.47. The molecule has 0 aliphatic carbocycles. The van der Waals surface area contributed by atoms with Gasteiger partial charge in [0.1, 0.15) is 5.82 Å². The van der Waals surface area contributed by atoms with Crippen molar-refractivity contribution in [1.82, 2.24) is 4.90 Å². The molecule has 0 saturated carbocycles. The Hall–Kier alpha value is -0.640. The molecule has 0 bridgehead atoms. The monoisotopic (exact) mass is 256 g/mol. The first kappa shape index (κ1) is 12.8. The van der Waals surface area contributed by atoms with E-state index in [4.69, 9.17) is 17.3 Å². The normalized spacial score (nSPS) is 20.5. The van der Waals surface area contributed by atoms with E-state index >= 15 is 0 Å². The van der Waals surface area contributed by atoms with Gasteiger partial charge in [0.2, 0.25) is 0 Å². The Morgan fingerprint density at radius 1 is 1.41 bits per heavy atom. The zero-order valence-corrected chi connectivity index (χ0v) is 10.8. The Morgan fingerprint density at radius 3 is 2.65 bits per heavy atom. The van der Waals surface area contributed by atoms with Gasteiger partial charge in [-0.05, 0) is 31.9 Å². The van der Waals surface area contributed by atoms with Gasteiger partial charge in [0.15, 0.2) is 0 Å². The van der Waals surface area contributed by atoms with E-state index in [1.807, 2.05) is 0 Å². The van der Waals surface area contributed by atoms with E-state index in [1.54, 1.807) is 12.1 Å². The van der Waals surface area contributed by atoms with Crippen LogP contribution >= 0.6 is 11.6 Å². The maximum atomic E-state index is 13.6. The van der Waals surface area contributed by atoms with Crippen LogP contribution in [-0.4, -0.2) is 23.5 Å². The van der Waals surface area contributed by atoms with Crippen LogP contribution in [0.5, 0.6) is 0 Å². The van der Waals surface area contributed by atoms with E-state index in [2.05, 4.69) is 11.8 Å². The van der Waals surface area contributed by atoms with Gasteiger partial charge in [0, 0.05) is 35.8 Å². The van der Waals surface area contributed by atoms with Crippen molar-refractivity contribution in [2.45, 2.75) is 31.8 Å². The van der Waals surface area contributed by atoms with Crippen molar-refractivity contribution in [1.29, 1.82) is 0 Å². The molecule has 2 nitrogen and oxygen atoms in total. The average molecular weight is 257 g/mol. The molecule has 1 fully saturated rings. The summed E-state index contributed by atoms with van der Waals surface area (Å²) >= 11 is 6.01. The molecule has 2 N–H and O–H groups in total. The number of likely N-dealkylation sites (tertiary alicyclic amines) is 1. The topological polar surface area (TPSA) is 29.3 Å². The highest BCUT2D eigenvalue weighted by molar-refractivity contribution is 6.31. The zero-order chi connectivity index (χ0) is 12.5. The van der Waals surface area contributed by atoms with Crippen LogP contribution in [0.1, 0.15) is 25.3 Å². The van der Waals surface area contributed by atoms with Crippen molar-refractivity contribution in [3.8, 4) is 0 Å². The maximum Gasteiger partial charge on any atom is 0.129 e. The SMILES string of the molecule is CC1(N)CCN(Cc2c(F)cccc2Cl)CC1. The fourth-order valence-corrected chi connectivity index (χ4v) is 2.35. The number of nitrogens with zero attached hydrogens (tertiary/aromatic N) is 1. The fourth-order valence-electron chi connectivity index (χ4n) is 2.13. The summed E-state index contributed by atoms with van der Waals surface area (Å²) in [5.41, 5.74) is 6.58. The Balaban J connectivity index is 2.03. The number of halogens is 2. The van der Waals surface area contributed by atoms with E-state index in [0.29, 0.717) is 17.1 Å². The van der Waals surface area contributed by atoms with Gasteiger partial charge >= 0.3 is 0 Å². The molecule has 0 aromatic heterocycles. The standard InChI is InChI=1S/C13H18ClFN2/c1-13(16)5-7-17(8-6-13)9-10-11(14)3-2-4-12(10)15/h2-4H,5-9,16H2,1H3. The van der Waals surface area contributed by atoms with Gasteiger partial charge in [-0.1, -0.05) is 17.7 Å². The molecule has 1 aromatic rings. The number of benzene rings is 1. The molecule has 17 heavy (non-hydrogen) atoms. The third-order valence-corrected chi connectivity index (χ3v) is 3.80. The van der Waals surface area contributed by atoms with Crippen LogP contribution in [0.3, 0.4) is 0 Å². The molecule has 0 atom stereocenters. The summed E-state index contributed by atoms with van der Waals surface area (Å²) in [7, 11) is 0. The summed E-state index contributed by atoms with van der Waals surface area (Å²) in [5.74, 6) is -0.224. The zero-order valence-electron chi connectivity index (χ0n) is 10.0. The van der Waals surface area contributed by atoms with E-state index in [0.717, 1.165) is 25.9 Å². The number of nitrogens with two attached hydrogens (primary N) is 1. The highest BCUT2D eigenvalue weighted by atomic mass is 35.5. The minimum absolute atomic E-state index is 0.0739. The van der Waals surface area contributed by atoms with Crippen molar-refractivity contribution in [3.63, 3.8) is 0 Å². The molecule has 1 aliphatic heterocycles. The smallest absolute Gasteiger partial charge is 0.129 e. The van der Waals surface area contributed by atoms with Crippen molar-refractivity contribution in [2.75, 3.05) is 13.1 Å². The van der Waals surface area contributed by atoms with E-state index in [1.165, 1.54) is 6.07 Å². The van der Waals surface area contributed by atoms with Gasteiger partial charge in [0.05, 0.1) is 0 Å². The second-order valence-electron chi connectivity index (χ2n) is 5.13. The molecule has 1 saturated heterocycles. The second-order valence-corrected chi connectivity index (χ2v) is 5.54. The molecule has 1 aromatic carbocycles. The van der Waals surface area contributed by atoms with Crippen LogP contribution in [-0.2, 0) is 6.54 Å². The molecule has 1 aliphatic rings. The summed E-state index contributed by atoms with van der Waals surface area (Å²) < 4.78 is 13.6. The molecule has 4 heteroatoms. The number of rotatable bonds is 2. The van der Waals surface area contributed by atoms with Crippen molar-refractivity contribution >= 4 is 11.6 Å². The van der Waals surface area contributed by atoms with Crippen LogP contribution < -0.4 is 5.73 Å². The molecular weight excluding hydrogens is 239 g/mol. The van der Waals surface area contributed by atoms with Gasteiger partial charge in [-0.3, -0.25) is 4.90 Å². The molecule has 2 rings (SSSR count). The molecule has 0 radical (unpaired) electrons. The number of hydrogen-bond donors (Lipinski definition) is 1. The highest BCUT2D eigenvalue weighted by Gasteiger charge is 2.26. The molecule has 1 heterocycles. The Bertz CT molecular complexity index is 376. The van der Waals surface area contributed by atoms with Crippen LogP contribution in [0.15, 0.2) is 18.2 Å². The van der Waals surface area contributed by atoms with Crippen LogP contribution in [0.4, 0.5) is 4.39 Å². The first-order chi connectivity index (χ1) is 7.98. The largest absolute Gasteiger partial charge is 0.325 e. The molecular formula is C13H18ClFN2. The minimum atomic E-state index is -0.224. The Labute approximate surface area is 107 Å². The lowest BCUT2D eigenvalue weighted by molar-refractivity contribution is 0.164. The summed E-state index contributed by atoms with van der Waals surface area (Å²) in [6.45, 7) is 4.44. The fraction of sp³-hybridized carbons (Fsp3) is 0.538. The minimum Gasteiger partial charge on any atom is -0.325 e. The van der Waals surface area contributed by atoms with Gasteiger partial charge in [-0.15, -0.1) is 0 Å². The summed E-state index contributed by atoms with van der Waals surface area (Å²) in [4.78, 5) is 2.21. The van der Waals surface area contributed by atoms with Crippen LogP contribution in [0.2, 0.25) is 5.02 Å². The van der Waals surface area contributed by atoms with Crippen molar-refractivity contribution < 1.29 is 4.39 Å². The molecule has 0 spiro atoms. The lowest BCUT2D eigenvalue weighted by Gasteiger charge is -2.36. The summed E-state index contributed by atoms with van der Waals surface area (Å²) in [6, 6.07) is 4.82. The maximum absolute atomic E-state index is 13.6. The van der Waals surface area contributed by atoms with Gasteiger partial charge < -0.3 is 5.73 Å². The molecule has 0 unspecified atom stereocenters. The third kappa shape index (κ3) is 3.18. The van der Waals surface area contributed by atoms with E-state index in [-0.39, 0.29) is 11.4 Å². The van der Waals surface area contributed by atoms with Crippen molar-refractivity contribution in [3.05, 3.63) is 34.6 Å². The third-order valence-electron chi connectivity index (χ3n) is 3.44. The van der Waals surface area contributed by atoms with Crippen LogP contribution in [0, 0.1) is 5.82 Å². The van der Waals surface area contributed by atoms with Gasteiger partial charge in [0.25, 0.3) is 0 Å². The van der Waals surface area contributed by atoms with E-state index in [9.17, 15) is 4.39 Å².